The minimum absolute atomic E-state index is 0.180. The summed E-state index contributed by atoms with van der Waals surface area (Å²) >= 11 is 1.39. The quantitative estimate of drug-likeness (QED) is 0.746. The van der Waals surface area contributed by atoms with Crippen LogP contribution in [0.4, 0.5) is 10.1 Å². The molecule has 0 radical (unpaired) electrons. The number of anilines is 1. The van der Waals surface area contributed by atoms with Gasteiger partial charge < -0.3 is 4.72 Å². The van der Waals surface area contributed by atoms with Crippen molar-refractivity contribution < 1.29 is 4.39 Å². The van der Waals surface area contributed by atoms with E-state index in [1.54, 1.807) is 12.1 Å². The highest BCUT2D eigenvalue weighted by Crippen LogP contribution is 2.22. The molecule has 1 rings (SSSR count). The van der Waals surface area contributed by atoms with Crippen LogP contribution in [0.1, 0.15) is 25.3 Å². The number of rotatable bonds is 3. The van der Waals surface area contributed by atoms with Crippen LogP contribution in [0.2, 0.25) is 0 Å². The second-order valence-corrected chi connectivity index (χ2v) is 3.81. The Morgan fingerprint density at radius 2 is 2.08 bits per heavy atom. The van der Waals surface area contributed by atoms with Crippen molar-refractivity contribution in [3.8, 4) is 0 Å². The topological polar surface area (TPSA) is 12.0 Å². The van der Waals surface area contributed by atoms with E-state index in [9.17, 15) is 4.39 Å². The zero-order chi connectivity index (χ0) is 9.84. The van der Waals surface area contributed by atoms with Gasteiger partial charge in [-0.2, -0.15) is 0 Å². The van der Waals surface area contributed by atoms with Gasteiger partial charge in [-0.05, 0) is 23.6 Å². The first-order valence-corrected chi connectivity index (χ1v) is 5.46. The monoisotopic (exact) mass is 199 g/mol. The molecule has 1 aromatic rings. The highest BCUT2D eigenvalue weighted by atomic mass is 32.2. The molecular weight excluding hydrogens is 185 g/mol. The van der Waals surface area contributed by atoms with Crippen LogP contribution in [-0.2, 0) is 0 Å². The van der Waals surface area contributed by atoms with Crippen LogP contribution in [0.25, 0.3) is 0 Å². The molecule has 1 aromatic carbocycles. The van der Waals surface area contributed by atoms with E-state index >= 15 is 0 Å². The van der Waals surface area contributed by atoms with Crippen LogP contribution in [-0.4, -0.2) is 6.26 Å². The highest BCUT2D eigenvalue weighted by molar-refractivity contribution is 7.99. The first-order chi connectivity index (χ1) is 6.15. The van der Waals surface area contributed by atoms with Gasteiger partial charge in [-0.15, -0.1) is 0 Å². The average Bonchev–Trinajstić information content (AvgIpc) is 2.08. The van der Waals surface area contributed by atoms with Crippen LogP contribution >= 0.6 is 11.9 Å². The molecule has 0 aliphatic heterocycles. The summed E-state index contributed by atoms with van der Waals surface area (Å²) in [5, 5.41) is 0. The number of hydrogen-bond acceptors (Lipinski definition) is 2. The van der Waals surface area contributed by atoms with Crippen LogP contribution in [0.15, 0.2) is 18.2 Å². The molecule has 13 heavy (non-hydrogen) atoms. The molecule has 0 heterocycles. The molecular formula is C10H14FNS. The Morgan fingerprint density at radius 3 is 2.54 bits per heavy atom. The van der Waals surface area contributed by atoms with Gasteiger partial charge in [0.05, 0.1) is 5.69 Å². The van der Waals surface area contributed by atoms with Crippen molar-refractivity contribution in [3.63, 3.8) is 0 Å². The summed E-state index contributed by atoms with van der Waals surface area (Å²) in [6.45, 7) is 4.10. The normalized spacial score (nSPS) is 10.5. The molecule has 0 unspecified atom stereocenters. The van der Waals surface area contributed by atoms with Crippen molar-refractivity contribution in [1.29, 1.82) is 0 Å². The summed E-state index contributed by atoms with van der Waals surface area (Å²) in [7, 11) is 0. The first kappa shape index (κ1) is 10.4. The maximum absolute atomic E-state index is 13.3. The maximum Gasteiger partial charge on any atom is 0.147 e. The number of nitrogens with one attached hydrogen (secondary N) is 1. The summed E-state index contributed by atoms with van der Waals surface area (Å²) in [5.74, 6) is 0.193. The van der Waals surface area contributed by atoms with Crippen LogP contribution in [0.5, 0.6) is 0 Å². The van der Waals surface area contributed by atoms with Gasteiger partial charge in [-0.25, -0.2) is 4.39 Å². The third-order valence-electron chi connectivity index (χ3n) is 1.87. The summed E-state index contributed by atoms with van der Waals surface area (Å²) in [4.78, 5) is 0. The fourth-order valence-corrected chi connectivity index (χ4v) is 1.47. The minimum atomic E-state index is -0.180. The fourth-order valence-electron chi connectivity index (χ4n) is 1.08. The number of benzene rings is 1. The maximum atomic E-state index is 13.3. The smallest absolute Gasteiger partial charge is 0.147 e. The van der Waals surface area contributed by atoms with Gasteiger partial charge in [0.1, 0.15) is 5.82 Å². The summed E-state index contributed by atoms with van der Waals surface area (Å²) in [6.07, 6.45) is 1.87. The average molecular weight is 199 g/mol. The Kier molecular flexibility index (Phi) is 3.60. The van der Waals surface area contributed by atoms with E-state index in [4.69, 9.17) is 0 Å². The lowest BCUT2D eigenvalue weighted by atomic mass is 10.0. The summed E-state index contributed by atoms with van der Waals surface area (Å²) in [6, 6.07) is 5.32. The lowest BCUT2D eigenvalue weighted by Gasteiger charge is -2.08. The molecule has 0 aliphatic carbocycles. The molecule has 0 aromatic heterocycles. The molecule has 0 spiro atoms. The Bertz CT molecular complexity index is 286. The number of halogens is 1. The van der Waals surface area contributed by atoms with E-state index < -0.39 is 0 Å². The molecule has 0 saturated heterocycles. The third-order valence-corrected chi connectivity index (χ3v) is 2.30. The van der Waals surface area contributed by atoms with Crippen molar-refractivity contribution >= 4 is 17.6 Å². The van der Waals surface area contributed by atoms with Gasteiger partial charge in [0.2, 0.25) is 0 Å². The van der Waals surface area contributed by atoms with Crippen LogP contribution in [0, 0.1) is 5.82 Å². The van der Waals surface area contributed by atoms with E-state index in [0.29, 0.717) is 11.6 Å². The molecule has 0 amide bonds. The van der Waals surface area contributed by atoms with Gasteiger partial charge in [0.15, 0.2) is 0 Å². The lowest BCUT2D eigenvalue weighted by Crippen LogP contribution is -1.93. The van der Waals surface area contributed by atoms with Crippen molar-refractivity contribution in [2.45, 2.75) is 19.8 Å². The van der Waals surface area contributed by atoms with Crippen molar-refractivity contribution in [2.75, 3.05) is 11.0 Å². The summed E-state index contributed by atoms with van der Waals surface area (Å²) < 4.78 is 16.2. The fraction of sp³-hybridized carbons (Fsp3) is 0.400. The standard InChI is InChI=1S/C10H14FNS/c1-7(2)8-4-5-10(12-13-3)9(11)6-8/h4-7,12H,1-3H3. The van der Waals surface area contributed by atoms with E-state index in [2.05, 4.69) is 18.6 Å². The van der Waals surface area contributed by atoms with E-state index in [-0.39, 0.29) is 5.82 Å². The molecule has 0 bridgehead atoms. The molecule has 1 N–H and O–H groups in total. The van der Waals surface area contributed by atoms with E-state index in [0.717, 1.165) is 5.56 Å². The van der Waals surface area contributed by atoms with E-state index in [1.165, 1.54) is 11.9 Å². The van der Waals surface area contributed by atoms with Gasteiger partial charge in [0.25, 0.3) is 0 Å². The van der Waals surface area contributed by atoms with Gasteiger partial charge >= 0.3 is 0 Å². The molecule has 0 fully saturated rings. The zero-order valence-electron chi connectivity index (χ0n) is 8.10. The molecule has 0 atom stereocenters. The Hall–Kier alpha value is -0.700. The van der Waals surface area contributed by atoms with Gasteiger partial charge in [0, 0.05) is 6.26 Å². The molecule has 3 heteroatoms. The third kappa shape index (κ3) is 2.62. The first-order valence-electron chi connectivity index (χ1n) is 4.23. The second kappa shape index (κ2) is 4.51. The Labute approximate surface area is 82.9 Å². The van der Waals surface area contributed by atoms with Crippen molar-refractivity contribution in [2.24, 2.45) is 0 Å². The Balaban J connectivity index is 2.92. The molecule has 1 nitrogen and oxygen atoms in total. The zero-order valence-corrected chi connectivity index (χ0v) is 8.91. The van der Waals surface area contributed by atoms with Crippen LogP contribution < -0.4 is 4.72 Å². The number of hydrogen-bond donors (Lipinski definition) is 1. The van der Waals surface area contributed by atoms with Crippen LogP contribution in [0.3, 0.4) is 0 Å². The molecule has 72 valence electrons. The molecule has 0 saturated carbocycles. The second-order valence-electron chi connectivity index (χ2n) is 3.20. The van der Waals surface area contributed by atoms with Crippen molar-refractivity contribution in [3.05, 3.63) is 29.6 Å². The van der Waals surface area contributed by atoms with Crippen molar-refractivity contribution in [1.82, 2.24) is 0 Å². The van der Waals surface area contributed by atoms with Gasteiger partial charge in [-0.1, -0.05) is 31.9 Å². The summed E-state index contributed by atoms with van der Waals surface area (Å²) in [5.41, 5.74) is 1.58. The predicted octanol–water partition coefficient (Wildman–Crippen LogP) is 3.64. The van der Waals surface area contributed by atoms with E-state index in [1.807, 2.05) is 12.3 Å². The lowest BCUT2D eigenvalue weighted by molar-refractivity contribution is 0.628. The predicted molar refractivity (Wildman–Crippen MR) is 57.6 cm³/mol. The molecule has 0 aliphatic rings. The SMILES string of the molecule is CSNc1ccc(C(C)C)cc1F. The minimum Gasteiger partial charge on any atom is -0.328 e. The largest absolute Gasteiger partial charge is 0.328 e. The Morgan fingerprint density at radius 1 is 1.38 bits per heavy atom. The highest BCUT2D eigenvalue weighted by Gasteiger charge is 2.04. The van der Waals surface area contributed by atoms with Gasteiger partial charge in [-0.3, -0.25) is 0 Å².